The lowest BCUT2D eigenvalue weighted by molar-refractivity contribution is -0.144. The molecule has 0 aliphatic heterocycles. The number of aryl methyl sites for hydroxylation is 1. The van der Waals surface area contributed by atoms with E-state index in [-0.39, 0.29) is 11.9 Å². The topological polar surface area (TPSA) is 46.5 Å². The number of esters is 1. The van der Waals surface area contributed by atoms with Crippen LogP contribution in [-0.4, -0.2) is 17.7 Å². The van der Waals surface area contributed by atoms with E-state index in [1.54, 1.807) is 19.1 Å². The molecule has 0 spiro atoms. The van der Waals surface area contributed by atoms with Gasteiger partial charge in [-0.05, 0) is 37.5 Å². The zero-order chi connectivity index (χ0) is 12.8. The molecule has 1 atom stereocenters. The smallest absolute Gasteiger partial charge is 0.313 e. The molecule has 1 aromatic carbocycles. The third kappa shape index (κ3) is 3.48. The van der Waals surface area contributed by atoms with Crippen molar-refractivity contribution in [3.8, 4) is 5.75 Å². The summed E-state index contributed by atoms with van der Waals surface area (Å²) in [6, 6.07) is 5.31. The van der Waals surface area contributed by atoms with Crippen molar-refractivity contribution in [3.05, 3.63) is 29.3 Å². The fourth-order valence-electron chi connectivity index (χ4n) is 1.75. The van der Waals surface area contributed by atoms with Gasteiger partial charge in [0.15, 0.2) is 0 Å². The predicted molar refractivity (Wildman–Crippen MR) is 67.1 cm³/mol. The molecule has 0 aliphatic carbocycles. The number of rotatable bonds is 5. The maximum Gasteiger partial charge on any atom is 0.313 e. The Hall–Kier alpha value is -1.51. The van der Waals surface area contributed by atoms with Gasteiger partial charge in [-0.1, -0.05) is 25.5 Å². The van der Waals surface area contributed by atoms with Gasteiger partial charge in [0.2, 0.25) is 0 Å². The standard InChI is InChI=1S/C14H20O3/c1-4-6-12-9-11(7-8-13(12)15)10(3)14(16)17-5-2/h7-10,15H,4-6H2,1-3H3. The van der Waals surface area contributed by atoms with Crippen molar-refractivity contribution >= 4 is 5.97 Å². The quantitative estimate of drug-likeness (QED) is 0.799. The molecular formula is C14H20O3. The maximum atomic E-state index is 11.6. The van der Waals surface area contributed by atoms with E-state index in [1.165, 1.54) is 0 Å². The Kier molecular flexibility index (Phi) is 5.01. The predicted octanol–water partition coefficient (Wildman–Crippen LogP) is 3.01. The minimum atomic E-state index is -0.286. The van der Waals surface area contributed by atoms with Gasteiger partial charge < -0.3 is 9.84 Å². The summed E-state index contributed by atoms with van der Waals surface area (Å²) in [7, 11) is 0. The first kappa shape index (κ1) is 13.6. The molecule has 1 N–H and O–H groups in total. The van der Waals surface area contributed by atoms with E-state index in [0.29, 0.717) is 12.4 Å². The Morgan fingerprint density at radius 1 is 1.41 bits per heavy atom. The van der Waals surface area contributed by atoms with Gasteiger partial charge in [0.05, 0.1) is 12.5 Å². The number of carbonyl (C=O) groups excluding carboxylic acids is 1. The first-order valence-electron chi connectivity index (χ1n) is 6.08. The molecule has 0 aromatic heterocycles. The lowest BCUT2D eigenvalue weighted by atomic mass is 9.97. The highest BCUT2D eigenvalue weighted by Crippen LogP contribution is 2.25. The molecule has 3 heteroatoms. The monoisotopic (exact) mass is 236 g/mol. The van der Waals surface area contributed by atoms with Crippen molar-refractivity contribution in [1.29, 1.82) is 0 Å². The van der Waals surface area contributed by atoms with Crippen LogP contribution in [0.25, 0.3) is 0 Å². The lowest BCUT2D eigenvalue weighted by Gasteiger charge is -2.13. The van der Waals surface area contributed by atoms with Crippen LogP contribution >= 0.6 is 0 Å². The second-order valence-corrected chi connectivity index (χ2v) is 4.11. The fourth-order valence-corrected chi connectivity index (χ4v) is 1.75. The van der Waals surface area contributed by atoms with E-state index in [1.807, 2.05) is 13.0 Å². The van der Waals surface area contributed by atoms with E-state index in [9.17, 15) is 9.90 Å². The number of phenols is 1. The molecule has 0 radical (unpaired) electrons. The molecule has 0 saturated heterocycles. The molecule has 1 rings (SSSR count). The van der Waals surface area contributed by atoms with Gasteiger partial charge in [0, 0.05) is 0 Å². The summed E-state index contributed by atoms with van der Waals surface area (Å²) in [5.41, 5.74) is 1.78. The second-order valence-electron chi connectivity index (χ2n) is 4.11. The molecule has 17 heavy (non-hydrogen) atoms. The molecule has 0 aliphatic rings. The van der Waals surface area contributed by atoms with E-state index in [0.717, 1.165) is 24.0 Å². The van der Waals surface area contributed by atoms with Crippen molar-refractivity contribution in [1.82, 2.24) is 0 Å². The SMILES string of the molecule is CCCc1cc(C(C)C(=O)OCC)ccc1O. The summed E-state index contributed by atoms with van der Waals surface area (Å²) >= 11 is 0. The molecule has 1 unspecified atom stereocenters. The highest BCUT2D eigenvalue weighted by atomic mass is 16.5. The Morgan fingerprint density at radius 3 is 2.71 bits per heavy atom. The second kappa shape index (κ2) is 6.28. The zero-order valence-electron chi connectivity index (χ0n) is 10.7. The summed E-state index contributed by atoms with van der Waals surface area (Å²) in [5, 5.41) is 9.67. The van der Waals surface area contributed by atoms with E-state index in [2.05, 4.69) is 6.92 Å². The number of hydrogen-bond acceptors (Lipinski definition) is 3. The van der Waals surface area contributed by atoms with E-state index >= 15 is 0 Å². The average molecular weight is 236 g/mol. The third-order valence-corrected chi connectivity index (χ3v) is 2.76. The summed E-state index contributed by atoms with van der Waals surface area (Å²) in [4.78, 5) is 11.6. The van der Waals surface area contributed by atoms with Crippen LogP contribution in [0.1, 0.15) is 44.2 Å². The molecule has 94 valence electrons. The van der Waals surface area contributed by atoms with Crippen LogP contribution in [0.4, 0.5) is 0 Å². The van der Waals surface area contributed by atoms with Crippen LogP contribution in [0.5, 0.6) is 5.75 Å². The molecule has 0 amide bonds. The van der Waals surface area contributed by atoms with Crippen LogP contribution in [-0.2, 0) is 16.0 Å². The Morgan fingerprint density at radius 2 is 2.12 bits per heavy atom. The maximum absolute atomic E-state index is 11.6. The van der Waals surface area contributed by atoms with Gasteiger partial charge in [-0.2, -0.15) is 0 Å². The zero-order valence-corrected chi connectivity index (χ0v) is 10.7. The summed E-state index contributed by atoms with van der Waals surface area (Å²) in [6.07, 6.45) is 1.78. The third-order valence-electron chi connectivity index (χ3n) is 2.76. The van der Waals surface area contributed by atoms with Gasteiger partial charge in [-0.25, -0.2) is 0 Å². The van der Waals surface area contributed by atoms with Crippen molar-refractivity contribution in [2.45, 2.75) is 39.5 Å². The van der Waals surface area contributed by atoms with Crippen LogP contribution in [0.15, 0.2) is 18.2 Å². The Labute approximate surface area is 102 Å². The number of aromatic hydroxyl groups is 1. The first-order valence-corrected chi connectivity index (χ1v) is 6.08. The summed E-state index contributed by atoms with van der Waals surface area (Å²) in [6.45, 7) is 6.06. The van der Waals surface area contributed by atoms with Gasteiger partial charge in [-0.3, -0.25) is 4.79 Å². The minimum Gasteiger partial charge on any atom is -0.508 e. The Balaban J connectivity index is 2.90. The largest absolute Gasteiger partial charge is 0.508 e. The van der Waals surface area contributed by atoms with Crippen LogP contribution in [0, 0.1) is 0 Å². The molecule has 0 saturated carbocycles. The molecule has 1 aromatic rings. The van der Waals surface area contributed by atoms with Crippen molar-refractivity contribution in [2.75, 3.05) is 6.61 Å². The van der Waals surface area contributed by atoms with E-state index < -0.39 is 0 Å². The number of benzene rings is 1. The van der Waals surface area contributed by atoms with Gasteiger partial charge in [-0.15, -0.1) is 0 Å². The average Bonchev–Trinajstić information content (AvgIpc) is 2.31. The number of phenolic OH excluding ortho intramolecular Hbond substituents is 1. The van der Waals surface area contributed by atoms with Crippen LogP contribution in [0.3, 0.4) is 0 Å². The van der Waals surface area contributed by atoms with E-state index in [4.69, 9.17) is 4.74 Å². The van der Waals surface area contributed by atoms with Crippen molar-refractivity contribution in [3.63, 3.8) is 0 Å². The fraction of sp³-hybridized carbons (Fsp3) is 0.500. The minimum absolute atomic E-state index is 0.222. The van der Waals surface area contributed by atoms with Crippen molar-refractivity contribution in [2.24, 2.45) is 0 Å². The lowest BCUT2D eigenvalue weighted by Crippen LogP contribution is -2.13. The number of ether oxygens (including phenoxy) is 1. The van der Waals surface area contributed by atoms with Crippen LogP contribution < -0.4 is 0 Å². The summed E-state index contributed by atoms with van der Waals surface area (Å²) < 4.78 is 4.99. The van der Waals surface area contributed by atoms with Gasteiger partial charge >= 0.3 is 5.97 Å². The van der Waals surface area contributed by atoms with Crippen LogP contribution in [0.2, 0.25) is 0 Å². The molecule has 0 fully saturated rings. The summed E-state index contributed by atoms with van der Waals surface area (Å²) in [5.74, 6) is -0.210. The molecule has 0 bridgehead atoms. The highest BCUT2D eigenvalue weighted by Gasteiger charge is 2.17. The van der Waals surface area contributed by atoms with Crippen molar-refractivity contribution < 1.29 is 14.6 Å². The molecular weight excluding hydrogens is 216 g/mol. The molecule has 0 heterocycles. The first-order chi connectivity index (χ1) is 8.10. The Bertz CT molecular complexity index is 385. The van der Waals surface area contributed by atoms with Gasteiger partial charge in [0.25, 0.3) is 0 Å². The normalized spacial score (nSPS) is 12.2. The van der Waals surface area contributed by atoms with Gasteiger partial charge in [0.1, 0.15) is 5.75 Å². The highest BCUT2D eigenvalue weighted by molar-refractivity contribution is 5.77. The molecule has 3 nitrogen and oxygen atoms in total. The number of hydrogen-bond donors (Lipinski definition) is 1. The number of carbonyl (C=O) groups is 1.